The molecule has 0 saturated heterocycles. The third-order valence-corrected chi connectivity index (χ3v) is 0.661. The third-order valence-electron chi connectivity index (χ3n) is 0.661. The minimum atomic E-state index is -0.869. The Morgan fingerprint density at radius 2 is 2.44 bits per heavy atom. The lowest BCUT2D eigenvalue weighted by Gasteiger charge is -2.02. The van der Waals surface area contributed by atoms with E-state index in [1.54, 1.807) is 0 Å². The maximum absolute atomic E-state index is 10.2. The van der Waals surface area contributed by atoms with Crippen molar-refractivity contribution in [3.05, 3.63) is 0 Å². The monoisotopic (exact) mass is 127 g/mol. The number of terminal acetylenes is 1. The molecule has 49 valence electrons. The van der Waals surface area contributed by atoms with Gasteiger partial charge in [-0.05, 0) is 6.92 Å². The van der Waals surface area contributed by atoms with Crippen molar-refractivity contribution < 1.29 is 14.6 Å². The molecule has 9 heavy (non-hydrogen) atoms. The summed E-state index contributed by atoms with van der Waals surface area (Å²) in [6.07, 6.45) is 4.25. The van der Waals surface area contributed by atoms with Crippen LogP contribution in [0.2, 0.25) is 0 Å². The molecule has 0 aliphatic rings. The van der Waals surface area contributed by atoms with E-state index < -0.39 is 18.7 Å². The van der Waals surface area contributed by atoms with Crippen LogP contribution in [-0.4, -0.2) is 18.7 Å². The molecule has 0 aliphatic carbocycles. The van der Waals surface area contributed by atoms with Gasteiger partial charge in [-0.1, -0.05) is 5.92 Å². The van der Waals surface area contributed by atoms with E-state index in [-0.39, 0.29) is 0 Å². The van der Waals surface area contributed by atoms with E-state index in [1.165, 1.54) is 6.92 Å². The average Bonchev–Trinajstić information content (AvgIpc) is 1.87. The summed E-state index contributed by atoms with van der Waals surface area (Å²) < 4.78 is 4.36. The highest BCUT2D eigenvalue weighted by Gasteiger charge is 2.03. The van der Waals surface area contributed by atoms with Gasteiger partial charge in [-0.15, -0.1) is 6.42 Å². The molecule has 0 aliphatic heterocycles. The number of hydrogen-bond acceptors (Lipinski definition) is 2. The van der Waals surface area contributed by atoms with Crippen molar-refractivity contribution in [2.45, 2.75) is 13.0 Å². The molecule has 0 aromatic heterocycles. The summed E-state index contributed by atoms with van der Waals surface area (Å²) in [5, 5.41) is 9.74. The Bertz CT molecular complexity index is 134. The summed E-state index contributed by atoms with van der Waals surface area (Å²) in [5.41, 5.74) is 0. The summed E-state index contributed by atoms with van der Waals surface area (Å²) in [6, 6.07) is 0. The minimum Gasteiger partial charge on any atom is -0.448 e. The Balaban J connectivity index is 3.50. The molecule has 1 unspecified atom stereocenters. The Hall–Kier alpha value is -1.01. The van der Waals surface area contributed by atoms with E-state index in [2.05, 4.69) is 10.7 Å². The number of rotatable bonds is 2. The second kappa shape index (κ2) is 3.93. The van der Waals surface area contributed by atoms with Crippen molar-refractivity contribution in [2.24, 2.45) is 0 Å². The fourth-order valence-electron chi connectivity index (χ4n) is 0.265. The molecule has 0 amide bonds. The zero-order valence-electron chi connectivity index (χ0n) is 5.09. The maximum atomic E-state index is 10.2. The zero-order chi connectivity index (χ0) is 7.28. The molecule has 0 heterocycles. The topological polar surface area (TPSA) is 46.2 Å². The molecular weight excluding hydrogens is 120 g/mol. The lowest BCUT2D eigenvalue weighted by Crippen LogP contribution is -2.14. The fraction of sp³-hybridized carbons (Fsp3) is 0.500. The molecule has 0 aromatic rings. The van der Waals surface area contributed by atoms with E-state index in [0.717, 1.165) is 0 Å². The van der Waals surface area contributed by atoms with Crippen molar-refractivity contribution in [1.29, 1.82) is 0 Å². The fourth-order valence-corrected chi connectivity index (χ4v) is 0.265. The summed E-state index contributed by atoms with van der Waals surface area (Å²) in [6.45, 7) is 0.652. The largest absolute Gasteiger partial charge is 0.448 e. The van der Waals surface area contributed by atoms with Crippen LogP contribution in [0.25, 0.3) is 0 Å². The SMILES string of the molecule is C#CC(C)OC(=O)C[O]. The van der Waals surface area contributed by atoms with Crippen LogP contribution in [0.15, 0.2) is 0 Å². The normalized spacial score (nSPS) is 11.7. The highest BCUT2D eigenvalue weighted by molar-refractivity contribution is 5.70. The van der Waals surface area contributed by atoms with Crippen LogP contribution < -0.4 is 0 Å². The average molecular weight is 127 g/mol. The predicted molar refractivity (Wildman–Crippen MR) is 29.9 cm³/mol. The van der Waals surface area contributed by atoms with Crippen LogP contribution >= 0.6 is 0 Å². The van der Waals surface area contributed by atoms with Crippen LogP contribution in [0.5, 0.6) is 0 Å². The first-order chi connectivity index (χ1) is 4.20. The first-order valence-corrected chi connectivity index (χ1v) is 2.44. The van der Waals surface area contributed by atoms with Crippen molar-refractivity contribution in [1.82, 2.24) is 0 Å². The molecule has 0 spiro atoms. The first-order valence-electron chi connectivity index (χ1n) is 2.44. The second-order valence-corrected chi connectivity index (χ2v) is 1.44. The van der Waals surface area contributed by atoms with Gasteiger partial charge in [0.1, 0.15) is 0 Å². The maximum Gasteiger partial charge on any atom is 0.336 e. The summed E-state index contributed by atoms with van der Waals surface area (Å²) in [7, 11) is 0. The molecule has 0 aromatic carbocycles. The van der Waals surface area contributed by atoms with E-state index in [9.17, 15) is 9.90 Å². The molecule has 0 N–H and O–H groups in total. The Labute approximate surface area is 53.6 Å². The summed E-state index contributed by atoms with van der Waals surface area (Å²) in [5.74, 6) is 1.34. The quantitative estimate of drug-likeness (QED) is 0.386. The van der Waals surface area contributed by atoms with Gasteiger partial charge in [0.05, 0.1) is 0 Å². The van der Waals surface area contributed by atoms with Gasteiger partial charge in [-0.3, -0.25) is 0 Å². The molecular formula is C6H7O3. The number of ether oxygens (including phenoxy) is 1. The van der Waals surface area contributed by atoms with Crippen molar-refractivity contribution in [3.63, 3.8) is 0 Å². The van der Waals surface area contributed by atoms with Crippen molar-refractivity contribution in [3.8, 4) is 12.3 Å². The Morgan fingerprint density at radius 3 is 2.78 bits per heavy atom. The van der Waals surface area contributed by atoms with E-state index >= 15 is 0 Å². The van der Waals surface area contributed by atoms with Gasteiger partial charge in [0.15, 0.2) is 12.7 Å². The number of esters is 1. The lowest BCUT2D eigenvalue weighted by molar-refractivity contribution is -0.151. The van der Waals surface area contributed by atoms with Crippen molar-refractivity contribution in [2.75, 3.05) is 6.61 Å². The van der Waals surface area contributed by atoms with Gasteiger partial charge in [0.25, 0.3) is 0 Å². The van der Waals surface area contributed by atoms with E-state index in [0.29, 0.717) is 0 Å². The minimum absolute atomic E-state index is 0.591. The molecule has 3 heteroatoms. The molecule has 0 bridgehead atoms. The van der Waals surface area contributed by atoms with Gasteiger partial charge in [-0.2, -0.15) is 0 Å². The third kappa shape index (κ3) is 3.56. The van der Waals surface area contributed by atoms with Crippen LogP contribution in [0.3, 0.4) is 0 Å². The number of carbonyl (C=O) groups is 1. The number of carbonyl (C=O) groups excluding carboxylic acids is 1. The van der Waals surface area contributed by atoms with E-state index in [4.69, 9.17) is 6.42 Å². The molecule has 1 radical (unpaired) electrons. The van der Waals surface area contributed by atoms with Gasteiger partial charge < -0.3 is 4.74 Å². The lowest BCUT2D eigenvalue weighted by atomic mass is 10.4. The van der Waals surface area contributed by atoms with Crippen LogP contribution in [0.1, 0.15) is 6.92 Å². The molecule has 3 nitrogen and oxygen atoms in total. The molecule has 1 atom stereocenters. The van der Waals surface area contributed by atoms with Crippen LogP contribution in [-0.2, 0) is 14.6 Å². The second-order valence-electron chi connectivity index (χ2n) is 1.44. The Kier molecular flexibility index (Phi) is 3.49. The molecule has 0 rings (SSSR count). The zero-order valence-corrected chi connectivity index (χ0v) is 5.09. The van der Waals surface area contributed by atoms with Gasteiger partial charge in [0.2, 0.25) is 0 Å². The molecule has 0 fully saturated rings. The smallest absolute Gasteiger partial charge is 0.336 e. The predicted octanol–water partition coefficient (Wildman–Crippen LogP) is -0.0182. The first kappa shape index (κ1) is 7.99. The van der Waals surface area contributed by atoms with E-state index in [1.807, 2.05) is 0 Å². The highest BCUT2D eigenvalue weighted by Crippen LogP contribution is 1.86. The highest BCUT2D eigenvalue weighted by atomic mass is 16.6. The van der Waals surface area contributed by atoms with Gasteiger partial charge in [0, 0.05) is 0 Å². The van der Waals surface area contributed by atoms with Crippen LogP contribution in [0, 0.1) is 12.3 Å². The van der Waals surface area contributed by atoms with Crippen LogP contribution in [0.4, 0.5) is 0 Å². The summed E-state index contributed by atoms with van der Waals surface area (Å²) in [4.78, 5) is 10.2. The van der Waals surface area contributed by atoms with Gasteiger partial charge in [-0.25, -0.2) is 9.90 Å². The Morgan fingerprint density at radius 1 is 1.89 bits per heavy atom. The number of hydrogen-bond donors (Lipinski definition) is 0. The standard InChI is InChI=1S/C6H7O3/c1-3-5(2)9-6(8)4-7/h1,5H,4H2,2H3. The summed E-state index contributed by atoms with van der Waals surface area (Å²) >= 11 is 0. The molecule has 0 saturated carbocycles. The van der Waals surface area contributed by atoms with Crippen molar-refractivity contribution >= 4 is 5.97 Å². The van der Waals surface area contributed by atoms with Gasteiger partial charge >= 0.3 is 5.97 Å².